The Labute approximate surface area is 119 Å². The van der Waals surface area contributed by atoms with Crippen LogP contribution in [0, 0.1) is 0 Å². The standard InChI is InChI=1S/C12H15ClF3N3O/c1-19(5-4-12(14,15)16)7-11(20)18-10-6-8(17)2-3-9(10)13/h2-3,6H,4-5,7,17H2,1H3,(H,18,20). The summed E-state index contributed by atoms with van der Waals surface area (Å²) in [7, 11) is 1.44. The van der Waals surface area contributed by atoms with Gasteiger partial charge in [-0.15, -0.1) is 0 Å². The van der Waals surface area contributed by atoms with E-state index in [0.29, 0.717) is 16.4 Å². The van der Waals surface area contributed by atoms with Crippen LogP contribution in [-0.2, 0) is 4.79 Å². The zero-order valence-electron chi connectivity index (χ0n) is 10.8. The van der Waals surface area contributed by atoms with E-state index in [-0.39, 0.29) is 13.1 Å². The number of nitrogens with zero attached hydrogens (tertiary/aromatic N) is 1. The molecule has 0 spiro atoms. The molecule has 1 amide bonds. The van der Waals surface area contributed by atoms with Crippen LogP contribution < -0.4 is 11.1 Å². The molecule has 0 radical (unpaired) electrons. The normalized spacial score (nSPS) is 11.7. The molecule has 0 bridgehead atoms. The summed E-state index contributed by atoms with van der Waals surface area (Å²) in [5, 5.41) is 2.82. The quantitative estimate of drug-likeness (QED) is 0.822. The van der Waals surface area contributed by atoms with Crippen molar-refractivity contribution in [2.75, 3.05) is 31.2 Å². The summed E-state index contributed by atoms with van der Waals surface area (Å²) in [5.74, 6) is -0.456. The Morgan fingerprint density at radius 1 is 1.45 bits per heavy atom. The van der Waals surface area contributed by atoms with E-state index >= 15 is 0 Å². The lowest BCUT2D eigenvalue weighted by molar-refractivity contribution is -0.138. The third kappa shape index (κ3) is 6.12. The van der Waals surface area contributed by atoms with Gasteiger partial charge in [-0.25, -0.2) is 0 Å². The van der Waals surface area contributed by atoms with E-state index in [1.807, 2.05) is 0 Å². The highest BCUT2D eigenvalue weighted by Gasteiger charge is 2.27. The number of benzene rings is 1. The summed E-state index contributed by atoms with van der Waals surface area (Å²) < 4.78 is 36.1. The van der Waals surface area contributed by atoms with Gasteiger partial charge >= 0.3 is 6.18 Å². The molecule has 0 aliphatic heterocycles. The molecule has 20 heavy (non-hydrogen) atoms. The minimum atomic E-state index is -4.23. The van der Waals surface area contributed by atoms with Crippen molar-refractivity contribution >= 4 is 28.9 Å². The van der Waals surface area contributed by atoms with Crippen molar-refractivity contribution in [2.45, 2.75) is 12.6 Å². The van der Waals surface area contributed by atoms with Crippen LogP contribution >= 0.6 is 11.6 Å². The highest BCUT2D eigenvalue weighted by molar-refractivity contribution is 6.33. The van der Waals surface area contributed by atoms with Crippen LogP contribution in [0.4, 0.5) is 24.5 Å². The number of halogens is 4. The first-order valence-corrected chi connectivity index (χ1v) is 6.15. The lowest BCUT2D eigenvalue weighted by Gasteiger charge is -2.17. The molecule has 1 aromatic rings. The summed E-state index contributed by atoms with van der Waals surface area (Å²) in [6, 6.07) is 4.59. The van der Waals surface area contributed by atoms with Crippen molar-refractivity contribution in [2.24, 2.45) is 0 Å². The van der Waals surface area contributed by atoms with E-state index in [1.54, 1.807) is 6.07 Å². The van der Waals surface area contributed by atoms with Gasteiger partial charge in [0.1, 0.15) is 0 Å². The number of carbonyl (C=O) groups excluding carboxylic acids is 1. The molecule has 8 heteroatoms. The third-order valence-electron chi connectivity index (χ3n) is 2.46. The van der Waals surface area contributed by atoms with Crippen molar-refractivity contribution in [1.29, 1.82) is 0 Å². The smallest absolute Gasteiger partial charge is 0.390 e. The van der Waals surface area contributed by atoms with Crippen LogP contribution in [0.3, 0.4) is 0 Å². The number of hydrogen-bond acceptors (Lipinski definition) is 3. The van der Waals surface area contributed by atoms with Gasteiger partial charge in [0.2, 0.25) is 5.91 Å². The van der Waals surface area contributed by atoms with Crippen LogP contribution in [0.2, 0.25) is 5.02 Å². The number of nitrogen functional groups attached to an aromatic ring is 1. The van der Waals surface area contributed by atoms with E-state index in [9.17, 15) is 18.0 Å². The SMILES string of the molecule is CN(CCC(F)(F)F)CC(=O)Nc1cc(N)ccc1Cl. The van der Waals surface area contributed by atoms with Crippen LogP contribution in [0.25, 0.3) is 0 Å². The van der Waals surface area contributed by atoms with Crippen LogP contribution in [0.5, 0.6) is 0 Å². The topological polar surface area (TPSA) is 58.4 Å². The number of amides is 1. The Kier molecular flexibility index (Phi) is 5.64. The number of carbonyl (C=O) groups is 1. The first-order chi connectivity index (χ1) is 9.17. The van der Waals surface area contributed by atoms with E-state index in [4.69, 9.17) is 17.3 Å². The molecule has 112 valence electrons. The monoisotopic (exact) mass is 309 g/mol. The van der Waals surface area contributed by atoms with Crippen LogP contribution in [-0.4, -0.2) is 37.1 Å². The summed E-state index contributed by atoms with van der Waals surface area (Å²) in [6.07, 6.45) is -5.20. The Morgan fingerprint density at radius 3 is 2.70 bits per heavy atom. The highest BCUT2D eigenvalue weighted by atomic mass is 35.5. The maximum atomic E-state index is 12.0. The molecule has 4 nitrogen and oxygen atoms in total. The van der Waals surface area contributed by atoms with Gasteiger partial charge < -0.3 is 11.1 Å². The third-order valence-corrected chi connectivity index (χ3v) is 2.78. The molecule has 0 aliphatic carbocycles. The predicted molar refractivity (Wildman–Crippen MR) is 72.7 cm³/mol. The van der Waals surface area contributed by atoms with Crippen molar-refractivity contribution in [3.63, 3.8) is 0 Å². The molecule has 0 saturated heterocycles. The molecule has 0 aliphatic rings. The number of likely N-dealkylation sites (N-methyl/N-ethyl adjacent to an activating group) is 1. The van der Waals surface area contributed by atoms with E-state index in [0.717, 1.165) is 0 Å². The number of hydrogen-bond donors (Lipinski definition) is 2. The number of nitrogens with one attached hydrogen (secondary N) is 1. The number of rotatable bonds is 5. The largest absolute Gasteiger partial charge is 0.399 e. The van der Waals surface area contributed by atoms with Gasteiger partial charge in [-0.1, -0.05) is 11.6 Å². The molecular weight excluding hydrogens is 295 g/mol. The summed E-state index contributed by atoms with van der Waals surface area (Å²) in [5.41, 5.74) is 6.31. The van der Waals surface area contributed by atoms with Gasteiger partial charge in [0.25, 0.3) is 0 Å². The fraction of sp³-hybridized carbons (Fsp3) is 0.417. The van der Waals surface area contributed by atoms with E-state index in [2.05, 4.69) is 5.32 Å². The van der Waals surface area contributed by atoms with Gasteiger partial charge in [0, 0.05) is 12.2 Å². The van der Waals surface area contributed by atoms with Gasteiger partial charge in [-0.3, -0.25) is 9.69 Å². The van der Waals surface area contributed by atoms with Crippen molar-refractivity contribution in [3.8, 4) is 0 Å². The maximum absolute atomic E-state index is 12.0. The van der Waals surface area contributed by atoms with Gasteiger partial charge in [0.15, 0.2) is 0 Å². The minimum absolute atomic E-state index is 0.165. The first kappa shape index (κ1) is 16.6. The molecular formula is C12H15ClF3N3O. The lowest BCUT2D eigenvalue weighted by atomic mass is 10.3. The molecule has 0 heterocycles. The lowest BCUT2D eigenvalue weighted by Crippen LogP contribution is -2.32. The second kappa shape index (κ2) is 6.81. The second-order valence-electron chi connectivity index (χ2n) is 4.39. The maximum Gasteiger partial charge on any atom is 0.390 e. The highest BCUT2D eigenvalue weighted by Crippen LogP contribution is 2.24. The Morgan fingerprint density at radius 2 is 2.10 bits per heavy atom. The summed E-state index contributed by atoms with van der Waals surface area (Å²) >= 11 is 5.87. The Balaban J connectivity index is 2.49. The zero-order valence-corrected chi connectivity index (χ0v) is 11.6. The van der Waals surface area contributed by atoms with Crippen LogP contribution in [0.15, 0.2) is 18.2 Å². The summed E-state index contributed by atoms with van der Waals surface area (Å²) in [6.45, 7) is -0.414. The van der Waals surface area contributed by atoms with Crippen molar-refractivity contribution < 1.29 is 18.0 Å². The van der Waals surface area contributed by atoms with Crippen molar-refractivity contribution in [3.05, 3.63) is 23.2 Å². The number of alkyl halides is 3. The van der Waals surface area contributed by atoms with Crippen LogP contribution in [0.1, 0.15) is 6.42 Å². The van der Waals surface area contributed by atoms with Gasteiger partial charge in [0.05, 0.1) is 23.7 Å². The zero-order chi connectivity index (χ0) is 15.3. The predicted octanol–water partition coefficient (Wildman–Crippen LogP) is 2.74. The molecule has 0 fully saturated rings. The number of nitrogens with two attached hydrogens (primary N) is 1. The molecule has 0 unspecified atom stereocenters. The van der Waals surface area contributed by atoms with E-state index < -0.39 is 18.5 Å². The minimum Gasteiger partial charge on any atom is -0.399 e. The fourth-order valence-corrected chi connectivity index (χ4v) is 1.64. The average molecular weight is 310 g/mol. The average Bonchev–Trinajstić information content (AvgIpc) is 2.30. The molecule has 0 saturated carbocycles. The Bertz CT molecular complexity index is 480. The summed E-state index contributed by atoms with van der Waals surface area (Å²) in [4.78, 5) is 13.0. The molecule has 3 N–H and O–H groups in total. The van der Waals surface area contributed by atoms with Gasteiger partial charge in [-0.05, 0) is 25.2 Å². The fourth-order valence-electron chi connectivity index (χ4n) is 1.47. The molecule has 0 atom stereocenters. The molecule has 0 aromatic heterocycles. The molecule has 1 rings (SSSR count). The van der Waals surface area contributed by atoms with Crippen molar-refractivity contribution in [1.82, 2.24) is 4.90 Å². The second-order valence-corrected chi connectivity index (χ2v) is 4.80. The number of anilines is 2. The Hall–Kier alpha value is -1.47. The van der Waals surface area contributed by atoms with E-state index in [1.165, 1.54) is 24.1 Å². The van der Waals surface area contributed by atoms with Gasteiger partial charge in [-0.2, -0.15) is 13.2 Å². The molecule has 1 aromatic carbocycles. The first-order valence-electron chi connectivity index (χ1n) is 5.77.